The molecule has 3 aromatic carbocycles. The van der Waals surface area contributed by atoms with Crippen LogP contribution in [-0.2, 0) is 0 Å². The summed E-state index contributed by atoms with van der Waals surface area (Å²) in [6.45, 7) is 0. The largest absolute Gasteiger partial charge is 0.497 e. The highest BCUT2D eigenvalue weighted by atomic mass is 32.2. The first kappa shape index (κ1) is 20.8. The predicted octanol–water partition coefficient (Wildman–Crippen LogP) is 5.82. The van der Waals surface area contributed by atoms with Gasteiger partial charge in [0.05, 0.1) is 26.2 Å². The highest BCUT2D eigenvalue weighted by Gasteiger charge is 2.21. The molecule has 0 aliphatic rings. The van der Waals surface area contributed by atoms with Gasteiger partial charge in [-0.3, -0.25) is 4.79 Å². The monoisotopic (exact) mass is 408 g/mol. The van der Waals surface area contributed by atoms with Crippen molar-refractivity contribution < 1.29 is 19.0 Å². The van der Waals surface area contributed by atoms with Gasteiger partial charge in [0.25, 0.3) is 0 Å². The number of benzene rings is 3. The number of carbonyl (C=O) groups excluding carboxylic acids is 1. The smallest absolute Gasteiger partial charge is 0.164 e. The van der Waals surface area contributed by atoms with E-state index in [9.17, 15) is 4.79 Å². The second-order valence-corrected chi connectivity index (χ2v) is 7.63. The lowest BCUT2D eigenvalue weighted by molar-refractivity contribution is 0.0982. The Labute approximate surface area is 175 Å². The topological polar surface area (TPSA) is 44.8 Å². The van der Waals surface area contributed by atoms with Crippen molar-refractivity contribution in [2.45, 2.75) is 16.6 Å². The summed E-state index contributed by atoms with van der Waals surface area (Å²) in [5.74, 6) is 2.32. The zero-order chi connectivity index (χ0) is 20.6. The summed E-state index contributed by atoms with van der Waals surface area (Å²) in [5, 5.41) is -0.0631. The number of carbonyl (C=O) groups is 1. The molecule has 3 aromatic rings. The van der Waals surface area contributed by atoms with Gasteiger partial charge in [-0.05, 0) is 48.0 Å². The minimum atomic E-state index is -0.0631. The van der Waals surface area contributed by atoms with Gasteiger partial charge < -0.3 is 14.2 Å². The van der Waals surface area contributed by atoms with Gasteiger partial charge >= 0.3 is 0 Å². The number of rotatable bonds is 9. The number of thioether (sulfide) groups is 1. The van der Waals surface area contributed by atoms with E-state index in [0.717, 1.165) is 27.7 Å². The van der Waals surface area contributed by atoms with Gasteiger partial charge in [-0.25, -0.2) is 0 Å². The first-order valence-electron chi connectivity index (χ1n) is 9.25. The molecule has 0 N–H and O–H groups in total. The highest BCUT2D eigenvalue weighted by Crippen LogP contribution is 2.43. The van der Waals surface area contributed by atoms with Gasteiger partial charge in [-0.15, -0.1) is 11.8 Å². The molecular weight excluding hydrogens is 384 g/mol. The van der Waals surface area contributed by atoms with Gasteiger partial charge in [0.2, 0.25) is 0 Å². The standard InChI is InChI=1S/C24H24O4S/c1-26-19-11-9-17(10-12-19)21(25)16-23(18-7-5-4-6-8-18)29-24-15-20(27-2)13-14-22(24)28-3/h4-15,23H,16H2,1-3H3/t23-/m0/s1. The van der Waals surface area contributed by atoms with E-state index in [1.807, 2.05) is 60.7 Å². The Hall–Kier alpha value is -2.92. The molecule has 0 spiro atoms. The van der Waals surface area contributed by atoms with E-state index in [2.05, 4.69) is 0 Å². The molecule has 29 heavy (non-hydrogen) atoms. The van der Waals surface area contributed by atoms with Crippen LogP contribution < -0.4 is 14.2 Å². The molecule has 0 fully saturated rings. The van der Waals surface area contributed by atoms with Crippen molar-refractivity contribution in [2.75, 3.05) is 21.3 Å². The zero-order valence-electron chi connectivity index (χ0n) is 16.8. The minimum absolute atomic E-state index is 0.0631. The quantitative estimate of drug-likeness (QED) is 0.330. The molecule has 0 heterocycles. The number of hydrogen-bond acceptors (Lipinski definition) is 5. The third-order valence-corrected chi connectivity index (χ3v) is 5.89. The molecule has 0 aliphatic heterocycles. The van der Waals surface area contributed by atoms with Gasteiger partial charge in [0.15, 0.2) is 5.78 Å². The van der Waals surface area contributed by atoms with Gasteiger partial charge in [0.1, 0.15) is 17.2 Å². The summed E-state index contributed by atoms with van der Waals surface area (Å²) in [6.07, 6.45) is 0.362. The lowest BCUT2D eigenvalue weighted by Crippen LogP contribution is -2.06. The molecule has 0 saturated carbocycles. The van der Waals surface area contributed by atoms with E-state index in [1.54, 1.807) is 45.2 Å². The molecule has 1 atom stereocenters. The first-order chi connectivity index (χ1) is 14.1. The number of hydrogen-bond donors (Lipinski definition) is 0. The molecule has 0 aromatic heterocycles. The average Bonchev–Trinajstić information content (AvgIpc) is 2.79. The van der Waals surface area contributed by atoms with Crippen molar-refractivity contribution >= 4 is 17.5 Å². The summed E-state index contributed by atoms with van der Waals surface area (Å²) in [7, 11) is 4.89. The van der Waals surface area contributed by atoms with E-state index < -0.39 is 0 Å². The Morgan fingerprint density at radius 3 is 2.10 bits per heavy atom. The van der Waals surface area contributed by atoms with E-state index >= 15 is 0 Å². The maximum absolute atomic E-state index is 13.0. The van der Waals surface area contributed by atoms with Crippen molar-refractivity contribution in [2.24, 2.45) is 0 Å². The highest BCUT2D eigenvalue weighted by molar-refractivity contribution is 7.99. The Bertz CT molecular complexity index is 939. The summed E-state index contributed by atoms with van der Waals surface area (Å²) < 4.78 is 16.1. The Kier molecular flexibility index (Phi) is 7.19. The third-order valence-electron chi connectivity index (χ3n) is 4.59. The minimum Gasteiger partial charge on any atom is -0.497 e. The van der Waals surface area contributed by atoms with Crippen molar-refractivity contribution in [3.63, 3.8) is 0 Å². The number of ketones is 1. The van der Waals surface area contributed by atoms with E-state index in [-0.39, 0.29) is 11.0 Å². The van der Waals surface area contributed by atoms with Crippen LogP contribution in [0.25, 0.3) is 0 Å². The maximum atomic E-state index is 13.0. The second-order valence-electron chi connectivity index (χ2n) is 6.39. The summed E-state index contributed by atoms with van der Waals surface area (Å²) >= 11 is 1.60. The zero-order valence-corrected chi connectivity index (χ0v) is 17.6. The molecule has 4 nitrogen and oxygen atoms in total. The molecule has 5 heteroatoms. The molecule has 3 rings (SSSR count). The molecule has 0 unspecified atom stereocenters. The predicted molar refractivity (Wildman–Crippen MR) is 117 cm³/mol. The summed E-state index contributed by atoms with van der Waals surface area (Å²) in [6, 6.07) is 23.0. The van der Waals surface area contributed by atoms with Crippen molar-refractivity contribution in [3.05, 3.63) is 83.9 Å². The van der Waals surface area contributed by atoms with Gasteiger partial charge in [0, 0.05) is 17.2 Å². The van der Waals surface area contributed by atoms with E-state index in [4.69, 9.17) is 14.2 Å². The fraction of sp³-hybridized carbons (Fsp3) is 0.208. The molecule has 0 radical (unpaired) electrons. The number of methoxy groups -OCH3 is 3. The van der Waals surface area contributed by atoms with Crippen LogP contribution in [0.2, 0.25) is 0 Å². The van der Waals surface area contributed by atoms with E-state index in [1.165, 1.54) is 0 Å². The number of Topliss-reactive ketones (excluding diaryl/α,β-unsaturated/α-hetero) is 1. The van der Waals surface area contributed by atoms with Crippen LogP contribution in [0.15, 0.2) is 77.7 Å². The fourth-order valence-corrected chi connectivity index (χ4v) is 4.27. The lowest BCUT2D eigenvalue weighted by Gasteiger charge is -2.19. The molecular formula is C24H24O4S. The van der Waals surface area contributed by atoms with Crippen molar-refractivity contribution in [1.82, 2.24) is 0 Å². The lowest BCUT2D eigenvalue weighted by atomic mass is 10.0. The van der Waals surface area contributed by atoms with E-state index in [0.29, 0.717) is 12.0 Å². The normalized spacial score (nSPS) is 11.6. The van der Waals surface area contributed by atoms with Crippen LogP contribution in [-0.4, -0.2) is 27.1 Å². The van der Waals surface area contributed by atoms with Gasteiger partial charge in [-0.1, -0.05) is 30.3 Å². The first-order valence-corrected chi connectivity index (χ1v) is 10.1. The Balaban J connectivity index is 1.88. The maximum Gasteiger partial charge on any atom is 0.164 e. The van der Waals surface area contributed by atoms with Crippen LogP contribution in [0, 0.1) is 0 Å². The third kappa shape index (κ3) is 5.33. The van der Waals surface area contributed by atoms with Gasteiger partial charge in [-0.2, -0.15) is 0 Å². The Morgan fingerprint density at radius 2 is 1.48 bits per heavy atom. The fourth-order valence-electron chi connectivity index (χ4n) is 2.99. The Morgan fingerprint density at radius 1 is 0.828 bits per heavy atom. The second kappa shape index (κ2) is 10.0. The summed E-state index contributed by atoms with van der Waals surface area (Å²) in [5.41, 5.74) is 1.76. The molecule has 0 aliphatic carbocycles. The average molecular weight is 409 g/mol. The SMILES string of the molecule is COc1ccc(C(=O)C[C@H](Sc2cc(OC)ccc2OC)c2ccccc2)cc1. The molecule has 150 valence electrons. The van der Waals surface area contributed by atoms with Crippen LogP contribution in [0.5, 0.6) is 17.2 Å². The van der Waals surface area contributed by atoms with Crippen LogP contribution >= 0.6 is 11.8 Å². The van der Waals surface area contributed by atoms with Crippen LogP contribution in [0.4, 0.5) is 0 Å². The summed E-state index contributed by atoms with van der Waals surface area (Å²) in [4.78, 5) is 13.9. The van der Waals surface area contributed by atoms with Crippen LogP contribution in [0.3, 0.4) is 0 Å². The molecule has 0 saturated heterocycles. The van der Waals surface area contributed by atoms with Crippen LogP contribution in [0.1, 0.15) is 27.6 Å². The molecule has 0 bridgehead atoms. The van der Waals surface area contributed by atoms with Crippen molar-refractivity contribution in [1.29, 1.82) is 0 Å². The molecule has 0 amide bonds. The van der Waals surface area contributed by atoms with Crippen molar-refractivity contribution in [3.8, 4) is 17.2 Å². The number of ether oxygens (including phenoxy) is 3.